The summed E-state index contributed by atoms with van der Waals surface area (Å²) in [6, 6.07) is 13.1. The summed E-state index contributed by atoms with van der Waals surface area (Å²) in [5.41, 5.74) is 0.853. The number of carbonyl (C=O) groups excluding carboxylic acids is 2. The second kappa shape index (κ2) is 7.48. The third-order valence-electron chi connectivity index (χ3n) is 4.67. The smallest absolute Gasteiger partial charge is 0.261 e. The first-order valence-corrected chi connectivity index (χ1v) is 11.3. The van der Waals surface area contributed by atoms with Gasteiger partial charge in [0, 0.05) is 23.7 Å². The summed E-state index contributed by atoms with van der Waals surface area (Å²) >= 11 is 1.16. The molecule has 1 saturated heterocycles. The van der Waals surface area contributed by atoms with Gasteiger partial charge in [0.1, 0.15) is 0 Å². The van der Waals surface area contributed by atoms with Crippen molar-refractivity contribution in [3.63, 3.8) is 0 Å². The molecule has 1 fully saturated rings. The maximum absolute atomic E-state index is 12.6. The van der Waals surface area contributed by atoms with Crippen LogP contribution < -0.4 is 10.0 Å². The molecule has 0 aromatic heterocycles. The highest BCUT2D eigenvalue weighted by atomic mass is 32.2. The second-order valence-electron chi connectivity index (χ2n) is 6.65. The van der Waals surface area contributed by atoms with E-state index in [9.17, 15) is 18.0 Å². The maximum Gasteiger partial charge on any atom is 0.261 e. The summed E-state index contributed by atoms with van der Waals surface area (Å²) < 4.78 is 27.8. The van der Waals surface area contributed by atoms with Crippen LogP contribution in [0.25, 0.3) is 0 Å². The number of thioether (sulfide) groups is 1. The van der Waals surface area contributed by atoms with E-state index in [0.717, 1.165) is 24.6 Å². The Morgan fingerprint density at radius 3 is 2.54 bits per heavy atom. The molecule has 0 aliphatic carbocycles. The number of fused-ring (bicyclic) bond motifs is 1. The highest BCUT2D eigenvalue weighted by Crippen LogP contribution is 2.38. The van der Waals surface area contributed by atoms with Crippen LogP contribution in [-0.4, -0.2) is 43.5 Å². The molecule has 2 aromatic carbocycles. The Balaban J connectivity index is 1.56. The number of para-hydroxylation sites is 1. The number of amides is 2. The van der Waals surface area contributed by atoms with Crippen LogP contribution in [0, 0.1) is 0 Å². The van der Waals surface area contributed by atoms with Crippen molar-refractivity contribution >= 4 is 45.0 Å². The van der Waals surface area contributed by atoms with E-state index >= 15 is 0 Å². The first-order valence-electron chi connectivity index (χ1n) is 8.92. The zero-order valence-electron chi connectivity index (χ0n) is 14.9. The molecular weight excluding hydrogens is 398 g/mol. The lowest BCUT2D eigenvalue weighted by Crippen LogP contribution is -2.43. The van der Waals surface area contributed by atoms with Crippen LogP contribution in [0.2, 0.25) is 0 Å². The summed E-state index contributed by atoms with van der Waals surface area (Å²) in [6.45, 7) is 1.36. The number of nitrogens with zero attached hydrogens (tertiary/aromatic N) is 1. The van der Waals surface area contributed by atoms with Gasteiger partial charge >= 0.3 is 0 Å². The fourth-order valence-electron chi connectivity index (χ4n) is 3.24. The SMILES string of the molecule is O=C1Nc2cc(S(=O)(=O)Nc3ccccc3)ccc2S[C@H]1C(=O)N1CCCC1. The van der Waals surface area contributed by atoms with Crippen molar-refractivity contribution in [3.05, 3.63) is 48.5 Å². The Morgan fingerprint density at radius 1 is 1.11 bits per heavy atom. The molecule has 2 N–H and O–H groups in total. The van der Waals surface area contributed by atoms with E-state index in [2.05, 4.69) is 10.0 Å². The quantitative estimate of drug-likeness (QED) is 0.746. The Morgan fingerprint density at radius 2 is 1.82 bits per heavy atom. The van der Waals surface area contributed by atoms with Gasteiger partial charge in [-0.25, -0.2) is 8.42 Å². The van der Waals surface area contributed by atoms with E-state index in [0.29, 0.717) is 29.4 Å². The molecule has 0 unspecified atom stereocenters. The van der Waals surface area contributed by atoms with Crippen molar-refractivity contribution in [2.24, 2.45) is 0 Å². The summed E-state index contributed by atoms with van der Waals surface area (Å²) in [7, 11) is -3.79. The predicted octanol–water partition coefficient (Wildman–Crippen LogP) is 2.52. The number of rotatable bonds is 4. The molecule has 28 heavy (non-hydrogen) atoms. The standard InChI is InChI=1S/C19H19N3O4S2/c23-18-17(19(24)22-10-4-5-11-22)27-16-9-8-14(12-15(16)20-18)28(25,26)21-13-6-2-1-3-7-13/h1-3,6-9,12,17,21H,4-5,10-11H2,(H,20,23)/t17-/m1/s1. The molecule has 4 rings (SSSR count). The van der Waals surface area contributed by atoms with Gasteiger partial charge in [-0.05, 0) is 43.2 Å². The van der Waals surface area contributed by atoms with Crippen molar-refractivity contribution < 1.29 is 18.0 Å². The van der Waals surface area contributed by atoms with Gasteiger partial charge in [-0.15, -0.1) is 11.8 Å². The lowest BCUT2D eigenvalue weighted by Gasteiger charge is -2.27. The minimum Gasteiger partial charge on any atom is -0.341 e. The largest absolute Gasteiger partial charge is 0.341 e. The third kappa shape index (κ3) is 3.72. The van der Waals surface area contributed by atoms with Crippen molar-refractivity contribution in [2.75, 3.05) is 23.1 Å². The van der Waals surface area contributed by atoms with Gasteiger partial charge in [-0.1, -0.05) is 18.2 Å². The Hall–Kier alpha value is -2.52. The number of benzene rings is 2. The van der Waals surface area contributed by atoms with Gasteiger partial charge in [-0.2, -0.15) is 0 Å². The van der Waals surface area contributed by atoms with Crippen LogP contribution in [0.15, 0.2) is 58.3 Å². The molecule has 2 aliphatic rings. The maximum atomic E-state index is 12.6. The first-order chi connectivity index (χ1) is 13.4. The van der Waals surface area contributed by atoms with Gasteiger partial charge < -0.3 is 10.2 Å². The summed E-state index contributed by atoms with van der Waals surface area (Å²) in [5, 5.41) is 1.85. The average molecular weight is 418 g/mol. The van der Waals surface area contributed by atoms with Crippen molar-refractivity contribution in [1.82, 2.24) is 4.90 Å². The fraction of sp³-hybridized carbons (Fsp3) is 0.263. The molecule has 0 radical (unpaired) electrons. The van der Waals surface area contributed by atoms with Crippen LogP contribution in [0.5, 0.6) is 0 Å². The van der Waals surface area contributed by atoms with E-state index in [4.69, 9.17) is 0 Å². The van der Waals surface area contributed by atoms with Gasteiger partial charge in [0.15, 0.2) is 5.25 Å². The van der Waals surface area contributed by atoms with E-state index in [1.54, 1.807) is 41.3 Å². The van der Waals surface area contributed by atoms with E-state index in [1.165, 1.54) is 12.1 Å². The third-order valence-corrected chi connectivity index (χ3v) is 7.31. The summed E-state index contributed by atoms with van der Waals surface area (Å²) in [5.74, 6) is -0.604. The Labute approximate surface area is 167 Å². The van der Waals surface area contributed by atoms with E-state index in [-0.39, 0.29) is 10.8 Å². The average Bonchev–Trinajstić information content (AvgIpc) is 3.22. The zero-order valence-corrected chi connectivity index (χ0v) is 16.6. The molecule has 2 aromatic rings. The highest BCUT2D eigenvalue weighted by Gasteiger charge is 2.37. The molecule has 1 atom stereocenters. The number of carbonyl (C=O) groups is 2. The van der Waals surface area contributed by atoms with Gasteiger partial charge in [0.2, 0.25) is 11.8 Å². The molecule has 0 bridgehead atoms. The molecule has 2 aliphatic heterocycles. The van der Waals surface area contributed by atoms with Crippen LogP contribution in [-0.2, 0) is 19.6 Å². The Bertz CT molecular complexity index is 1020. The van der Waals surface area contributed by atoms with Crippen molar-refractivity contribution in [3.8, 4) is 0 Å². The van der Waals surface area contributed by atoms with Crippen LogP contribution in [0.1, 0.15) is 12.8 Å². The molecular formula is C19H19N3O4S2. The Kier molecular flexibility index (Phi) is 5.03. The van der Waals surface area contributed by atoms with Gasteiger partial charge in [0.25, 0.3) is 10.0 Å². The van der Waals surface area contributed by atoms with E-state index < -0.39 is 21.2 Å². The molecule has 9 heteroatoms. The number of sulfonamides is 1. The molecule has 0 saturated carbocycles. The zero-order chi connectivity index (χ0) is 19.7. The minimum absolute atomic E-state index is 0.0420. The number of anilines is 2. The number of nitrogens with one attached hydrogen (secondary N) is 2. The fourth-order valence-corrected chi connectivity index (χ4v) is 5.38. The predicted molar refractivity (Wildman–Crippen MR) is 108 cm³/mol. The second-order valence-corrected chi connectivity index (χ2v) is 9.48. The normalized spacial score (nSPS) is 19.1. The lowest BCUT2D eigenvalue weighted by atomic mass is 10.2. The first kappa shape index (κ1) is 18.8. The molecule has 2 amide bonds. The number of hydrogen-bond acceptors (Lipinski definition) is 5. The summed E-state index contributed by atoms with van der Waals surface area (Å²) in [6.07, 6.45) is 1.91. The molecule has 7 nitrogen and oxygen atoms in total. The van der Waals surface area contributed by atoms with Crippen LogP contribution >= 0.6 is 11.8 Å². The van der Waals surface area contributed by atoms with Crippen molar-refractivity contribution in [1.29, 1.82) is 0 Å². The minimum atomic E-state index is -3.79. The van der Waals surface area contributed by atoms with E-state index in [1.807, 2.05) is 0 Å². The van der Waals surface area contributed by atoms with Gasteiger partial charge in [-0.3, -0.25) is 14.3 Å². The van der Waals surface area contributed by atoms with Crippen molar-refractivity contribution in [2.45, 2.75) is 27.9 Å². The topological polar surface area (TPSA) is 95.6 Å². The monoisotopic (exact) mass is 417 g/mol. The summed E-state index contributed by atoms with van der Waals surface area (Å²) in [4.78, 5) is 27.5. The number of likely N-dealkylation sites (tertiary alicyclic amines) is 1. The molecule has 2 heterocycles. The molecule has 0 spiro atoms. The van der Waals surface area contributed by atoms with Crippen LogP contribution in [0.3, 0.4) is 0 Å². The molecule has 146 valence electrons. The lowest BCUT2D eigenvalue weighted by molar-refractivity contribution is -0.133. The van der Waals surface area contributed by atoms with Crippen LogP contribution in [0.4, 0.5) is 11.4 Å². The highest BCUT2D eigenvalue weighted by molar-refractivity contribution is 8.01. The number of hydrogen-bond donors (Lipinski definition) is 2. The van der Waals surface area contributed by atoms with Gasteiger partial charge in [0.05, 0.1) is 10.6 Å².